The Morgan fingerprint density at radius 1 is 1.57 bits per heavy atom. The summed E-state index contributed by atoms with van der Waals surface area (Å²) in [7, 11) is 0. The maximum Gasteiger partial charge on any atom is 0.270 e. The van der Waals surface area contributed by atoms with Gasteiger partial charge in [-0.3, -0.25) is 14.9 Å². The van der Waals surface area contributed by atoms with Crippen molar-refractivity contribution in [2.24, 2.45) is 5.92 Å². The third kappa shape index (κ3) is 3.81. The van der Waals surface area contributed by atoms with E-state index in [-0.39, 0.29) is 11.6 Å². The second-order valence-corrected chi connectivity index (χ2v) is 8.02. The fourth-order valence-electron chi connectivity index (χ4n) is 2.70. The van der Waals surface area contributed by atoms with Crippen molar-refractivity contribution in [3.8, 4) is 0 Å². The maximum absolute atomic E-state index is 12.3. The lowest BCUT2D eigenvalue weighted by molar-refractivity contribution is -0.384. The van der Waals surface area contributed by atoms with E-state index in [0.29, 0.717) is 11.7 Å². The SMILES string of the molecule is C[C@@H]1CCCN(C(=O)CSc2nc3ccc([N+](=O)[O-])cc3s2)C1. The van der Waals surface area contributed by atoms with Crippen LogP contribution < -0.4 is 0 Å². The molecule has 6 nitrogen and oxygen atoms in total. The lowest BCUT2D eigenvalue weighted by Gasteiger charge is -2.30. The molecule has 1 saturated heterocycles. The number of rotatable bonds is 4. The number of hydrogen-bond donors (Lipinski definition) is 0. The number of non-ortho nitro benzene ring substituents is 1. The van der Waals surface area contributed by atoms with E-state index in [1.165, 1.54) is 41.7 Å². The first-order valence-electron chi connectivity index (χ1n) is 7.48. The predicted molar refractivity (Wildman–Crippen MR) is 92.0 cm³/mol. The number of carbonyl (C=O) groups is 1. The molecule has 1 aromatic carbocycles. The van der Waals surface area contributed by atoms with Gasteiger partial charge in [0.1, 0.15) is 0 Å². The average molecular weight is 351 g/mol. The molecule has 122 valence electrons. The number of nitro groups is 1. The van der Waals surface area contributed by atoms with Crippen LogP contribution in [0.5, 0.6) is 0 Å². The number of hydrogen-bond acceptors (Lipinski definition) is 6. The number of thiazole rings is 1. The Morgan fingerprint density at radius 3 is 3.13 bits per heavy atom. The summed E-state index contributed by atoms with van der Waals surface area (Å²) in [6.45, 7) is 3.86. The van der Waals surface area contributed by atoms with Crippen molar-refractivity contribution in [1.82, 2.24) is 9.88 Å². The molecule has 0 bridgehead atoms. The van der Waals surface area contributed by atoms with Crippen molar-refractivity contribution in [2.75, 3.05) is 18.8 Å². The molecule has 1 atom stereocenters. The lowest BCUT2D eigenvalue weighted by atomic mass is 10.0. The number of fused-ring (bicyclic) bond motifs is 1. The van der Waals surface area contributed by atoms with E-state index < -0.39 is 4.92 Å². The van der Waals surface area contributed by atoms with E-state index in [1.54, 1.807) is 6.07 Å². The topological polar surface area (TPSA) is 76.3 Å². The summed E-state index contributed by atoms with van der Waals surface area (Å²) in [6, 6.07) is 4.64. The van der Waals surface area contributed by atoms with Gasteiger partial charge in [0, 0.05) is 25.2 Å². The summed E-state index contributed by atoms with van der Waals surface area (Å²) in [6.07, 6.45) is 2.26. The Balaban J connectivity index is 1.65. The molecule has 2 heterocycles. The van der Waals surface area contributed by atoms with Crippen LogP contribution in [0.3, 0.4) is 0 Å². The smallest absolute Gasteiger partial charge is 0.270 e. The zero-order valence-electron chi connectivity index (χ0n) is 12.7. The molecule has 1 aliphatic rings. The van der Waals surface area contributed by atoms with Gasteiger partial charge in [0.05, 0.1) is 20.9 Å². The summed E-state index contributed by atoms with van der Waals surface area (Å²) in [5, 5.41) is 10.8. The minimum atomic E-state index is -0.410. The van der Waals surface area contributed by atoms with Gasteiger partial charge in [-0.15, -0.1) is 11.3 Å². The summed E-state index contributed by atoms with van der Waals surface area (Å²) in [5.74, 6) is 1.08. The minimum Gasteiger partial charge on any atom is -0.342 e. The fraction of sp³-hybridized carbons (Fsp3) is 0.467. The first kappa shape index (κ1) is 16.2. The van der Waals surface area contributed by atoms with Crippen LogP contribution in [0.2, 0.25) is 0 Å². The predicted octanol–water partition coefficient (Wildman–Crippen LogP) is 3.56. The molecule has 0 aliphatic carbocycles. The number of benzene rings is 1. The fourth-order valence-corrected chi connectivity index (χ4v) is 4.70. The van der Waals surface area contributed by atoms with Gasteiger partial charge < -0.3 is 4.90 Å². The highest BCUT2D eigenvalue weighted by Gasteiger charge is 2.21. The maximum atomic E-state index is 12.3. The van der Waals surface area contributed by atoms with Crippen molar-refractivity contribution in [3.05, 3.63) is 28.3 Å². The second-order valence-electron chi connectivity index (χ2n) is 5.76. The Kier molecular flexibility index (Phi) is 4.82. The van der Waals surface area contributed by atoms with Crippen LogP contribution in [0.15, 0.2) is 22.5 Å². The molecule has 0 radical (unpaired) electrons. The number of nitrogens with zero attached hydrogens (tertiary/aromatic N) is 3. The monoisotopic (exact) mass is 351 g/mol. The zero-order chi connectivity index (χ0) is 16.4. The number of nitro benzene ring substituents is 1. The van der Waals surface area contributed by atoms with Gasteiger partial charge in [0.15, 0.2) is 4.34 Å². The highest BCUT2D eigenvalue weighted by atomic mass is 32.2. The van der Waals surface area contributed by atoms with Gasteiger partial charge in [0.25, 0.3) is 5.69 Å². The van der Waals surface area contributed by atoms with Crippen LogP contribution in [0.4, 0.5) is 5.69 Å². The second kappa shape index (κ2) is 6.84. The van der Waals surface area contributed by atoms with E-state index in [1.807, 2.05) is 4.90 Å². The highest BCUT2D eigenvalue weighted by Crippen LogP contribution is 2.32. The standard InChI is InChI=1S/C15H17N3O3S2/c1-10-3-2-6-17(8-10)14(19)9-22-15-16-12-5-4-11(18(20)21)7-13(12)23-15/h4-5,7,10H,2-3,6,8-9H2,1H3/t10-/m1/s1. The van der Waals surface area contributed by atoms with Crippen molar-refractivity contribution < 1.29 is 9.72 Å². The molecule has 1 amide bonds. The third-order valence-corrected chi connectivity index (χ3v) is 6.04. The first-order valence-corrected chi connectivity index (χ1v) is 9.28. The van der Waals surface area contributed by atoms with Crippen molar-refractivity contribution in [1.29, 1.82) is 0 Å². The van der Waals surface area contributed by atoms with Crippen molar-refractivity contribution in [2.45, 2.75) is 24.1 Å². The Labute approximate surface area is 142 Å². The molecule has 23 heavy (non-hydrogen) atoms. The number of thioether (sulfide) groups is 1. The van der Waals surface area contributed by atoms with Crippen LogP contribution in [0, 0.1) is 16.0 Å². The molecule has 1 fully saturated rings. The normalized spacial score (nSPS) is 18.3. The molecule has 0 saturated carbocycles. The van der Waals surface area contributed by atoms with E-state index in [4.69, 9.17) is 0 Å². The Hall–Kier alpha value is -1.67. The lowest BCUT2D eigenvalue weighted by Crippen LogP contribution is -2.40. The zero-order valence-corrected chi connectivity index (χ0v) is 14.4. The van der Waals surface area contributed by atoms with Crippen LogP contribution in [0.1, 0.15) is 19.8 Å². The van der Waals surface area contributed by atoms with E-state index in [9.17, 15) is 14.9 Å². The molecule has 0 unspecified atom stereocenters. The quantitative estimate of drug-likeness (QED) is 0.478. The largest absolute Gasteiger partial charge is 0.342 e. The molecule has 8 heteroatoms. The van der Waals surface area contributed by atoms with Crippen LogP contribution in [0.25, 0.3) is 10.2 Å². The Morgan fingerprint density at radius 2 is 2.39 bits per heavy atom. The van der Waals surface area contributed by atoms with Gasteiger partial charge in [-0.1, -0.05) is 18.7 Å². The van der Waals surface area contributed by atoms with Gasteiger partial charge in [-0.05, 0) is 24.8 Å². The molecule has 3 rings (SSSR count). The number of carbonyl (C=O) groups excluding carboxylic acids is 1. The summed E-state index contributed by atoms with van der Waals surface area (Å²) < 4.78 is 1.56. The van der Waals surface area contributed by atoms with E-state index >= 15 is 0 Å². The summed E-state index contributed by atoms with van der Waals surface area (Å²) in [5.41, 5.74) is 0.804. The molecule has 1 aliphatic heterocycles. The molecular weight excluding hydrogens is 334 g/mol. The van der Waals surface area contributed by atoms with Crippen LogP contribution in [-0.2, 0) is 4.79 Å². The van der Waals surface area contributed by atoms with Gasteiger partial charge in [0.2, 0.25) is 5.91 Å². The number of piperidine rings is 1. The minimum absolute atomic E-state index is 0.0658. The average Bonchev–Trinajstić information content (AvgIpc) is 2.94. The molecular formula is C15H17N3O3S2. The third-order valence-electron chi connectivity index (χ3n) is 3.89. The number of aromatic nitrogens is 1. The van der Waals surface area contributed by atoms with Crippen molar-refractivity contribution >= 4 is 44.9 Å². The van der Waals surface area contributed by atoms with Gasteiger partial charge >= 0.3 is 0 Å². The van der Waals surface area contributed by atoms with Gasteiger partial charge in [-0.25, -0.2) is 4.98 Å². The summed E-state index contributed by atoms with van der Waals surface area (Å²) in [4.78, 5) is 29.0. The van der Waals surface area contributed by atoms with E-state index in [0.717, 1.165) is 34.1 Å². The van der Waals surface area contributed by atoms with Crippen LogP contribution >= 0.6 is 23.1 Å². The Bertz CT molecular complexity index is 747. The molecule has 0 N–H and O–H groups in total. The molecule has 1 aromatic heterocycles. The number of amides is 1. The highest BCUT2D eigenvalue weighted by molar-refractivity contribution is 8.01. The summed E-state index contributed by atoms with van der Waals surface area (Å²) >= 11 is 2.80. The van der Waals surface area contributed by atoms with Crippen LogP contribution in [-0.4, -0.2) is 39.6 Å². The first-order chi connectivity index (χ1) is 11.0. The van der Waals surface area contributed by atoms with Gasteiger partial charge in [-0.2, -0.15) is 0 Å². The van der Waals surface area contributed by atoms with E-state index in [2.05, 4.69) is 11.9 Å². The molecule has 0 spiro atoms. The molecule has 2 aromatic rings. The van der Waals surface area contributed by atoms with Crippen molar-refractivity contribution in [3.63, 3.8) is 0 Å². The number of likely N-dealkylation sites (tertiary alicyclic amines) is 1.